The zero-order valence-corrected chi connectivity index (χ0v) is 20.0. The van der Waals surface area contributed by atoms with E-state index in [1.54, 1.807) is 12.1 Å². The fourth-order valence-corrected chi connectivity index (χ4v) is 5.47. The maximum atomic E-state index is 14.0. The number of carboxylic acid groups (broad SMARTS) is 1. The molecule has 0 radical (unpaired) electrons. The van der Waals surface area contributed by atoms with Gasteiger partial charge in [-0.15, -0.1) is 0 Å². The summed E-state index contributed by atoms with van der Waals surface area (Å²) >= 11 is 12.6. The Labute approximate surface area is 213 Å². The molecular formula is C26H18Cl2F3NO4. The summed E-state index contributed by atoms with van der Waals surface area (Å²) in [5, 5.41) is 12.2. The minimum absolute atomic E-state index is 0.00195. The number of rotatable bonds is 6. The number of amides is 1. The number of fused-ring (bicyclic) bond motifs is 3. The van der Waals surface area contributed by atoms with Gasteiger partial charge in [-0.1, -0.05) is 41.4 Å². The molecule has 3 aromatic carbocycles. The van der Waals surface area contributed by atoms with Crippen LogP contribution in [0.25, 0.3) is 11.1 Å². The van der Waals surface area contributed by atoms with Crippen LogP contribution in [0.3, 0.4) is 0 Å². The van der Waals surface area contributed by atoms with Crippen molar-refractivity contribution in [3.05, 3.63) is 86.7 Å². The molecule has 1 fully saturated rings. The highest BCUT2D eigenvalue weighted by atomic mass is 35.5. The van der Waals surface area contributed by atoms with Crippen LogP contribution in [0.4, 0.5) is 13.2 Å². The van der Waals surface area contributed by atoms with Crippen LogP contribution in [0.1, 0.15) is 40.2 Å². The Balaban J connectivity index is 1.51. The molecule has 3 atom stereocenters. The van der Waals surface area contributed by atoms with Gasteiger partial charge in [-0.2, -0.15) is 0 Å². The van der Waals surface area contributed by atoms with Gasteiger partial charge in [-0.3, -0.25) is 4.79 Å². The summed E-state index contributed by atoms with van der Waals surface area (Å²) in [7, 11) is 0. The quantitative estimate of drug-likeness (QED) is 0.397. The van der Waals surface area contributed by atoms with Crippen molar-refractivity contribution >= 4 is 35.1 Å². The van der Waals surface area contributed by atoms with Crippen molar-refractivity contribution in [1.82, 2.24) is 5.32 Å². The molecule has 2 aliphatic rings. The molecule has 1 heterocycles. The average Bonchev–Trinajstić information content (AvgIpc) is 3.04. The number of aliphatic carboxylic acids is 1. The van der Waals surface area contributed by atoms with E-state index in [0.717, 1.165) is 48.7 Å². The van der Waals surface area contributed by atoms with Crippen molar-refractivity contribution in [2.75, 3.05) is 0 Å². The lowest BCUT2D eigenvalue weighted by Crippen LogP contribution is -2.43. The Hall–Kier alpha value is -3.23. The van der Waals surface area contributed by atoms with Gasteiger partial charge in [0.05, 0.1) is 10.0 Å². The average molecular weight is 536 g/mol. The molecule has 5 rings (SSSR count). The SMILES string of the molecule is O=C(N[C@@H](Cc1ccc(-c2c(Cl)cc(F)cc2Cl)c2c1C1CCC1O2)C(=O)O)c1c(F)cccc1F. The van der Waals surface area contributed by atoms with Crippen molar-refractivity contribution in [2.24, 2.45) is 0 Å². The van der Waals surface area contributed by atoms with E-state index >= 15 is 0 Å². The number of halogens is 5. The predicted molar refractivity (Wildman–Crippen MR) is 127 cm³/mol. The Morgan fingerprint density at radius 3 is 2.31 bits per heavy atom. The first kappa shape index (κ1) is 24.5. The van der Waals surface area contributed by atoms with Gasteiger partial charge >= 0.3 is 5.97 Å². The number of carbonyl (C=O) groups excluding carboxylic acids is 1. The van der Waals surface area contributed by atoms with Crippen LogP contribution in [-0.4, -0.2) is 29.1 Å². The number of nitrogens with one attached hydrogen (secondary N) is 1. The van der Waals surface area contributed by atoms with E-state index in [1.165, 1.54) is 0 Å². The summed E-state index contributed by atoms with van der Waals surface area (Å²) in [6.07, 6.45) is 1.35. The van der Waals surface area contributed by atoms with E-state index in [-0.39, 0.29) is 28.5 Å². The summed E-state index contributed by atoms with van der Waals surface area (Å²) in [6, 6.07) is 7.09. The highest BCUT2D eigenvalue weighted by molar-refractivity contribution is 6.39. The Morgan fingerprint density at radius 1 is 1.06 bits per heavy atom. The van der Waals surface area contributed by atoms with Gasteiger partial charge in [-0.05, 0) is 42.7 Å². The molecule has 0 aromatic heterocycles. The topological polar surface area (TPSA) is 75.6 Å². The fourth-order valence-electron chi connectivity index (χ4n) is 4.81. The highest BCUT2D eigenvalue weighted by Crippen LogP contribution is 2.55. The van der Waals surface area contributed by atoms with Crippen LogP contribution in [0.5, 0.6) is 5.75 Å². The molecule has 0 saturated heterocycles. The maximum absolute atomic E-state index is 14.0. The molecule has 3 aromatic rings. The number of carboxylic acids is 1. The summed E-state index contributed by atoms with van der Waals surface area (Å²) < 4.78 is 48.0. The van der Waals surface area contributed by atoms with Crippen molar-refractivity contribution in [3.8, 4) is 16.9 Å². The lowest BCUT2D eigenvalue weighted by molar-refractivity contribution is -0.139. The zero-order chi connectivity index (χ0) is 25.7. The number of hydrogen-bond donors (Lipinski definition) is 2. The molecule has 2 unspecified atom stereocenters. The summed E-state index contributed by atoms with van der Waals surface area (Å²) in [5.74, 6) is -4.84. The van der Waals surface area contributed by atoms with Crippen LogP contribution < -0.4 is 10.1 Å². The van der Waals surface area contributed by atoms with Crippen molar-refractivity contribution in [3.63, 3.8) is 0 Å². The third-order valence-electron chi connectivity index (χ3n) is 6.63. The minimum Gasteiger partial charge on any atom is -0.489 e. The maximum Gasteiger partial charge on any atom is 0.326 e. The minimum atomic E-state index is -1.47. The van der Waals surface area contributed by atoms with Crippen molar-refractivity contribution in [1.29, 1.82) is 0 Å². The number of hydrogen-bond acceptors (Lipinski definition) is 3. The van der Waals surface area contributed by atoms with E-state index in [2.05, 4.69) is 5.32 Å². The van der Waals surface area contributed by atoms with Crippen LogP contribution in [0, 0.1) is 17.5 Å². The van der Waals surface area contributed by atoms with Crippen LogP contribution in [0.15, 0.2) is 42.5 Å². The van der Waals surface area contributed by atoms with E-state index in [9.17, 15) is 27.9 Å². The van der Waals surface area contributed by atoms with Gasteiger partial charge in [0.15, 0.2) is 0 Å². The third-order valence-corrected chi connectivity index (χ3v) is 7.23. The highest BCUT2D eigenvalue weighted by Gasteiger charge is 2.44. The molecule has 1 saturated carbocycles. The Bertz CT molecular complexity index is 1370. The van der Waals surface area contributed by atoms with E-state index in [1.807, 2.05) is 0 Å². The molecule has 0 spiro atoms. The first-order valence-electron chi connectivity index (χ1n) is 11.1. The molecule has 1 amide bonds. The molecule has 10 heteroatoms. The number of benzene rings is 3. The Morgan fingerprint density at radius 2 is 1.72 bits per heavy atom. The number of ether oxygens (including phenoxy) is 1. The van der Waals surface area contributed by atoms with Crippen molar-refractivity contribution in [2.45, 2.75) is 37.3 Å². The Kier molecular flexibility index (Phi) is 6.34. The molecule has 186 valence electrons. The lowest BCUT2D eigenvalue weighted by atomic mass is 9.76. The van der Waals surface area contributed by atoms with Gasteiger partial charge < -0.3 is 15.2 Å². The van der Waals surface area contributed by atoms with Crippen LogP contribution in [0.2, 0.25) is 10.0 Å². The second kappa shape index (κ2) is 9.33. The van der Waals surface area contributed by atoms with Crippen molar-refractivity contribution < 1.29 is 32.6 Å². The molecular weight excluding hydrogens is 518 g/mol. The fraction of sp³-hybridized carbons (Fsp3) is 0.231. The number of carbonyl (C=O) groups is 2. The summed E-state index contributed by atoms with van der Waals surface area (Å²) in [6.45, 7) is 0. The molecule has 0 bridgehead atoms. The normalized spacial score (nSPS) is 18.5. The van der Waals surface area contributed by atoms with E-state index < -0.39 is 40.9 Å². The molecule has 1 aliphatic heterocycles. The van der Waals surface area contributed by atoms with Gasteiger partial charge in [0, 0.05) is 29.0 Å². The third kappa shape index (κ3) is 4.18. The zero-order valence-electron chi connectivity index (χ0n) is 18.5. The predicted octanol–water partition coefficient (Wildman–Crippen LogP) is 6.14. The summed E-state index contributed by atoms with van der Waals surface area (Å²) in [5.41, 5.74) is 1.44. The van der Waals surface area contributed by atoms with Gasteiger partial charge in [0.2, 0.25) is 0 Å². The first-order valence-corrected chi connectivity index (χ1v) is 11.9. The second-order valence-electron chi connectivity index (χ2n) is 8.76. The standard InChI is InChI=1S/C26H18Cl2F3NO4/c27-15-9-12(29)10-16(28)22(15)14-5-4-11(21-13-6-7-20(13)36-24(14)21)8-19(26(34)35)32-25(33)23-17(30)2-1-3-18(23)31/h1-5,9-10,13,19-20H,6-8H2,(H,32,33)(H,34,35)/t13?,19-,20?/m0/s1. The molecule has 1 aliphatic carbocycles. The van der Waals surface area contributed by atoms with Gasteiger partial charge in [0.25, 0.3) is 5.91 Å². The van der Waals surface area contributed by atoms with E-state index in [0.29, 0.717) is 22.4 Å². The van der Waals surface area contributed by atoms with E-state index in [4.69, 9.17) is 27.9 Å². The van der Waals surface area contributed by atoms with Crippen LogP contribution >= 0.6 is 23.2 Å². The van der Waals surface area contributed by atoms with Gasteiger partial charge in [-0.25, -0.2) is 18.0 Å². The molecule has 5 nitrogen and oxygen atoms in total. The first-order chi connectivity index (χ1) is 17.2. The smallest absolute Gasteiger partial charge is 0.326 e. The molecule has 36 heavy (non-hydrogen) atoms. The van der Waals surface area contributed by atoms with Gasteiger partial charge in [0.1, 0.15) is 40.9 Å². The lowest BCUT2D eigenvalue weighted by Gasteiger charge is -2.29. The monoisotopic (exact) mass is 535 g/mol. The second-order valence-corrected chi connectivity index (χ2v) is 9.58. The largest absolute Gasteiger partial charge is 0.489 e. The van der Waals surface area contributed by atoms with Crippen LogP contribution in [-0.2, 0) is 11.2 Å². The molecule has 2 N–H and O–H groups in total. The summed E-state index contributed by atoms with van der Waals surface area (Å²) in [4.78, 5) is 24.6.